The Bertz CT molecular complexity index is 556. The van der Waals surface area contributed by atoms with Crippen LogP contribution in [0.25, 0.3) is 0 Å². The van der Waals surface area contributed by atoms with E-state index in [9.17, 15) is 9.59 Å². The lowest BCUT2D eigenvalue weighted by molar-refractivity contribution is -0.125. The summed E-state index contributed by atoms with van der Waals surface area (Å²) in [5, 5.41) is 7.86. The second kappa shape index (κ2) is 10.5. The Kier molecular flexibility index (Phi) is 8.33. The number of nitrogens with one attached hydrogen (secondary N) is 2. The number of nitrogens with zero attached hydrogens (tertiary/aromatic N) is 2. The van der Waals surface area contributed by atoms with Gasteiger partial charge in [0.15, 0.2) is 0 Å². The van der Waals surface area contributed by atoms with Crippen LogP contribution in [-0.4, -0.2) is 81.1 Å². The standard InChI is InChI=1S/C17H28N4O3S/c1-14-3-10-25-15(14)11-19-17(23)13-21-7-5-20(6-8-21)12-16(22)18-4-9-24-2/h3,10H,4-9,11-13H2,1-2H3,(H,18,22)(H,19,23). The quantitative estimate of drug-likeness (QED) is 0.603. The molecule has 0 radical (unpaired) electrons. The van der Waals surface area contributed by atoms with Gasteiger partial charge in [0.2, 0.25) is 11.8 Å². The van der Waals surface area contributed by atoms with Crippen LogP contribution >= 0.6 is 11.3 Å². The molecule has 2 rings (SSSR count). The molecule has 0 saturated carbocycles. The van der Waals surface area contributed by atoms with Crippen LogP contribution in [0.2, 0.25) is 0 Å². The second-order valence-corrected chi connectivity index (χ2v) is 7.20. The fraction of sp³-hybridized carbons (Fsp3) is 0.647. The van der Waals surface area contributed by atoms with Gasteiger partial charge in [0.25, 0.3) is 0 Å². The lowest BCUT2D eigenvalue weighted by atomic mass is 10.3. The molecule has 1 aliphatic rings. The summed E-state index contributed by atoms with van der Waals surface area (Å²) in [5.41, 5.74) is 1.22. The topological polar surface area (TPSA) is 73.9 Å². The van der Waals surface area contributed by atoms with Crippen molar-refractivity contribution >= 4 is 23.2 Å². The molecule has 8 heteroatoms. The number of rotatable bonds is 9. The van der Waals surface area contributed by atoms with Gasteiger partial charge in [-0.15, -0.1) is 11.3 Å². The van der Waals surface area contributed by atoms with Gasteiger partial charge in [-0.1, -0.05) is 0 Å². The number of piperazine rings is 1. The number of methoxy groups -OCH3 is 1. The Morgan fingerprint density at radius 3 is 2.24 bits per heavy atom. The Morgan fingerprint density at radius 2 is 1.72 bits per heavy atom. The van der Waals surface area contributed by atoms with E-state index in [-0.39, 0.29) is 11.8 Å². The van der Waals surface area contributed by atoms with E-state index in [2.05, 4.69) is 33.4 Å². The molecule has 1 aliphatic heterocycles. The summed E-state index contributed by atoms with van der Waals surface area (Å²) in [4.78, 5) is 29.3. The van der Waals surface area contributed by atoms with Crippen LogP contribution in [0.4, 0.5) is 0 Å². The van der Waals surface area contributed by atoms with Crippen LogP contribution in [0, 0.1) is 6.92 Å². The molecule has 2 amide bonds. The number of carbonyl (C=O) groups is 2. The molecule has 1 fully saturated rings. The van der Waals surface area contributed by atoms with E-state index in [1.54, 1.807) is 18.4 Å². The number of ether oxygens (including phenoxy) is 1. The maximum absolute atomic E-state index is 12.1. The molecule has 0 aromatic carbocycles. The SMILES string of the molecule is COCCNC(=O)CN1CCN(CC(=O)NCc2sccc2C)CC1. The zero-order valence-electron chi connectivity index (χ0n) is 15.0. The van der Waals surface area contributed by atoms with Crippen molar-refractivity contribution in [2.24, 2.45) is 0 Å². The van der Waals surface area contributed by atoms with Crippen molar-refractivity contribution < 1.29 is 14.3 Å². The van der Waals surface area contributed by atoms with Crippen LogP contribution in [-0.2, 0) is 20.9 Å². The summed E-state index contributed by atoms with van der Waals surface area (Å²) in [6.07, 6.45) is 0. The average Bonchev–Trinajstić information content (AvgIpc) is 3.00. The fourth-order valence-corrected chi connectivity index (χ4v) is 3.53. The first-order chi connectivity index (χ1) is 12.1. The summed E-state index contributed by atoms with van der Waals surface area (Å²) in [5.74, 6) is 0.0770. The van der Waals surface area contributed by atoms with Gasteiger partial charge in [-0.2, -0.15) is 0 Å². The maximum Gasteiger partial charge on any atom is 0.234 e. The van der Waals surface area contributed by atoms with Gasteiger partial charge >= 0.3 is 0 Å². The Balaban J connectivity index is 1.60. The maximum atomic E-state index is 12.1. The first-order valence-electron chi connectivity index (χ1n) is 8.58. The molecule has 7 nitrogen and oxygen atoms in total. The van der Waals surface area contributed by atoms with Gasteiger partial charge in [0, 0.05) is 44.7 Å². The minimum absolute atomic E-state index is 0.0227. The van der Waals surface area contributed by atoms with E-state index in [0.717, 1.165) is 26.2 Å². The molecule has 140 valence electrons. The minimum atomic E-state index is 0.0227. The highest BCUT2D eigenvalue weighted by atomic mass is 32.1. The Hall–Kier alpha value is -1.48. The molecule has 25 heavy (non-hydrogen) atoms. The Labute approximate surface area is 153 Å². The summed E-state index contributed by atoms with van der Waals surface area (Å²) in [6.45, 7) is 7.75. The van der Waals surface area contributed by atoms with Crippen molar-refractivity contribution in [3.8, 4) is 0 Å². The predicted octanol–water partition coefficient (Wildman–Crippen LogP) is 0.0529. The van der Waals surface area contributed by atoms with Crippen molar-refractivity contribution in [2.75, 3.05) is 59.5 Å². The molecular weight excluding hydrogens is 340 g/mol. The van der Waals surface area contributed by atoms with Gasteiger partial charge in [-0.05, 0) is 23.9 Å². The molecule has 0 unspecified atom stereocenters. The number of amides is 2. The van der Waals surface area contributed by atoms with E-state index in [1.807, 2.05) is 5.38 Å². The van der Waals surface area contributed by atoms with E-state index in [1.165, 1.54) is 10.4 Å². The molecule has 1 aromatic heterocycles. The molecule has 2 heterocycles. The number of carbonyl (C=O) groups excluding carboxylic acids is 2. The van der Waals surface area contributed by atoms with E-state index < -0.39 is 0 Å². The van der Waals surface area contributed by atoms with Crippen molar-refractivity contribution in [1.29, 1.82) is 0 Å². The molecule has 0 atom stereocenters. The van der Waals surface area contributed by atoms with Crippen LogP contribution in [0.3, 0.4) is 0 Å². The highest BCUT2D eigenvalue weighted by Crippen LogP contribution is 2.14. The van der Waals surface area contributed by atoms with Gasteiger partial charge in [0.05, 0.1) is 26.2 Å². The van der Waals surface area contributed by atoms with E-state index in [4.69, 9.17) is 4.74 Å². The number of hydrogen-bond acceptors (Lipinski definition) is 6. The largest absolute Gasteiger partial charge is 0.383 e. The monoisotopic (exact) mass is 368 g/mol. The second-order valence-electron chi connectivity index (χ2n) is 6.20. The average molecular weight is 369 g/mol. The Morgan fingerprint density at radius 1 is 1.12 bits per heavy atom. The zero-order chi connectivity index (χ0) is 18.1. The highest BCUT2D eigenvalue weighted by molar-refractivity contribution is 7.10. The summed E-state index contributed by atoms with van der Waals surface area (Å²) in [6, 6.07) is 2.07. The van der Waals surface area contributed by atoms with Gasteiger partial charge < -0.3 is 15.4 Å². The number of thiophene rings is 1. The predicted molar refractivity (Wildman–Crippen MR) is 98.7 cm³/mol. The van der Waals surface area contributed by atoms with Crippen LogP contribution < -0.4 is 10.6 Å². The van der Waals surface area contributed by atoms with Crippen molar-refractivity contribution in [3.63, 3.8) is 0 Å². The smallest absolute Gasteiger partial charge is 0.234 e. The highest BCUT2D eigenvalue weighted by Gasteiger charge is 2.20. The summed E-state index contributed by atoms with van der Waals surface area (Å²) < 4.78 is 4.91. The lowest BCUT2D eigenvalue weighted by Gasteiger charge is -2.33. The molecule has 2 N–H and O–H groups in total. The zero-order valence-corrected chi connectivity index (χ0v) is 15.9. The summed E-state index contributed by atoms with van der Waals surface area (Å²) >= 11 is 1.67. The first kappa shape index (κ1) is 19.8. The van der Waals surface area contributed by atoms with Crippen molar-refractivity contribution in [3.05, 3.63) is 21.9 Å². The van der Waals surface area contributed by atoms with Gasteiger partial charge in [0.1, 0.15) is 0 Å². The van der Waals surface area contributed by atoms with E-state index >= 15 is 0 Å². The third-order valence-electron chi connectivity index (χ3n) is 4.24. The number of hydrogen-bond donors (Lipinski definition) is 2. The fourth-order valence-electron chi connectivity index (χ4n) is 2.68. The molecule has 0 bridgehead atoms. The van der Waals surface area contributed by atoms with E-state index in [0.29, 0.717) is 32.8 Å². The molecular formula is C17H28N4O3S. The van der Waals surface area contributed by atoms with Gasteiger partial charge in [-0.3, -0.25) is 19.4 Å². The lowest BCUT2D eigenvalue weighted by Crippen LogP contribution is -2.51. The van der Waals surface area contributed by atoms with Crippen molar-refractivity contribution in [1.82, 2.24) is 20.4 Å². The first-order valence-corrected chi connectivity index (χ1v) is 9.46. The minimum Gasteiger partial charge on any atom is -0.383 e. The molecule has 1 aromatic rings. The number of aryl methyl sites for hydroxylation is 1. The van der Waals surface area contributed by atoms with Crippen LogP contribution in [0.1, 0.15) is 10.4 Å². The van der Waals surface area contributed by atoms with Gasteiger partial charge in [-0.25, -0.2) is 0 Å². The summed E-state index contributed by atoms with van der Waals surface area (Å²) in [7, 11) is 1.61. The third-order valence-corrected chi connectivity index (χ3v) is 5.26. The molecule has 0 aliphatic carbocycles. The molecule has 1 saturated heterocycles. The van der Waals surface area contributed by atoms with Crippen LogP contribution in [0.5, 0.6) is 0 Å². The third kappa shape index (κ3) is 7.11. The van der Waals surface area contributed by atoms with Crippen molar-refractivity contribution in [2.45, 2.75) is 13.5 Å². The normalized spacial score (nSPS) is 15.9. The van der Waals surface area contributed by atoms with Crippen LogP contribution in [0.15, 0.2) is 11.4 Å². The molecule has 0 spiro atoms.